The molecule has 3 aliphatic rings. The van der Waals surface area contributed by atoms with E-state index in [2.05, 4.69) is 125 Å². The van der Waals surface area contributed by atoms with E-state index in [0.29, 0.717) is 17.8 Å². The molecule has 3 heteroatoms. The average Bonchev–Trinajstić information content (AvgIpc) is 3.37. The summed E-state index contributed by atoms with van der Waals surface area (Å²) in [6, 6.07) is 14.7. The topological polar surface area (TPSA) is 0 Å². The summed E-state index contributed by atoms with van der Waals surface area (Å²) in [5, 5.41) is 0. The van der Waals surface area contributed by atoms with Gasteiger partial charge in [0, 0.05) is 11.8 Å². The summed E-state index contributed by atoms with van der Waals surface area (Å²) in [5.74, 6) is 1.57. The molecular formula is C35H46Cl2Zr. The van der Waals surface area contributed by atoms with E-state index in [-0.39, 0.29) is 72.7 Å². The third-order valence-corrected chi connectivity index (χ3v) is 9.33. The van der Waals surface area contributed by atoms with Crippen molar-refractivity contribution in [3.8, 4) is 11.1 Å². The van der Waals surface area contributed by atoms with E-state index in [1.54, 1.807) is 16.7 Å². The minimum atomic E-state index is 0. The number of hydrogen-bond acceptors (Lipinski definition) is 0. The first-order chi connectivity index (χ1) is 16.0. The molecule has 2 aromatic rings. The summed E-state index contributed by atoms with van der Waals surface area (Å²) >= 11 is 0. The fourth-order valence-corrected chi connectivity index (χ4v) is 7.19. The van der Waals surface area contributed by atoms with Crippen molar-refractivity contribution in [2.45, 2.75) is 99.3 Å². The van der Waals surface area contributed by atoms with Gasteiger partial charge >= 0.3 is 26.2 Å². The molecule has 0 nitrogen and oxygen atoms in total. The third kappa shape index (κ3) is 5.35. The number of rotatable bonds is 1. The Kier molecular flexibility index (Phi) is 9.42. The molecule has 3 atom stereocenters. The third-order valence-electron chi connectivity index (χ3n) is 9.33. The van der Waals surface area contributed by atoms with E-state index in [9.17, 15) is 0 Å². The summed E-state index contributed by atoms with van der Waals surface area (Å²) in [7, 11) is 0. The second-order valence-electron chi connectivity index (χ2n) is 15.1. The Hall–Kier alpha value is -0.617. The molecule has 0 heterocycles. The van der Waals surface area contributed by atoms with Crippen molar-refractivity contribution < 1.29 is 51.0 Å². The Morgan fingerprint density at radius 3 is 1.55 bits per heavy atom. The van der Waals surface area contributed by atoms with Gasteiger partial charge in [-0.1, -0.05) is 130 Å². The molecule has 204 valence electrons. The first kappa shape index (κ1) is 33.6. The molecule has 5 rings (SSSR count). The summed E-state index contributed by atoms with van der Waals surface area (Å²) in [4.78, 5) is 0. The molecule has 0 bridgehead atoms. The number of fused-ring (bicyclic) bond motifs is 4. The van der Waals surface area contributed by atoms with Crippen LogP contribution >= 0.6 is 0 Å². The summed E-state index contributed by atoms with van der Waals surface area (Å²) in [6.45, 7) is 26.2. The zero-order valence-electron chi connectivity index (χ0n) is 25.3. The summed E-state index contributed by atoms with van der Waals surface area (Å²) < 4.78 is 0. The largest absolute Gasteiger partial charge is 2.00 e. The first-order valence-electron chi connectivity index (χ1n) is 13.7. The molecule has 0 aromatic heterocycles. The van der Waals surface area contributed by atoms with Gasteiger partial charge in [-0.05, 0) is 73.0 Å². The minimum absolute atomic E-state index is 0. The van der Waals surface area contributed by atoms with E-state index in [1.807, 2.05) is 0 Å². The minimum Gasteiger partial charge on any atom is -1.00 e. The molecule has 38 heavy (non-hydrogen) atoms. The van der Waals surface area contributed by atoms with Crippen molar-refractivity contribution >= 4 is 0 Å². The van der Waals surface area contributed by atoms with Gasteiger partial charge in [-0.2, -0.15) is 0 Å². The monoisotopic (exact) mass is 626 g/mol. The molecule has 0 radical (unpaired) electrons. The van der Waals surface area contributed by atoms with E-state index in [4.69, 9.17) is 0 Å². The molecule has 3 unspecified atom stereocenters. The molecule has 3 aliphatic carbocycles. The second kappa shape index (κ2) is 10.7. The van der Waals surface area contributed by atoms with Crippen LogP contribution in [0.3, 0.4) is 0 Å². The van der Waals surface area contributed by atoms with Crippen molar-refractivity contribution in [1.29, 1.82) is 0 Å². The van der Waals surface area contributed by atoms with E-state index >= 15 is 0 Å². The van der Waals surface area contributed by atoms with Gasteiger partial charge in [0.2, 0.25) is 0 Å². The standard InChI is InChI=1S/C35H46.2ClH.Zr/c1-21-20-35(11,30-19-24(18-27(21)30)34(8,9)10)31-28-16-22(32(2,3)4)12-14-25(28)26-15-13-23(17-29(26)31)33(5,6)7;;;/h12-19,21,30-31H,20H2,1-11H3;2*1H;/q;;;+2/p-2. The van der Waals surface area contributed by atoms with Gasteiger partial charge in [0.15, 0.2) is 0 Å². The Labute approximate surface area is 264 Å². The first-order valence-corrected chi connectivity index (χ1v) is 13.7. The van der Waals surface area contributed by atoms with Crippen LogP contribution < -0.4 is 24.8 Å². The summed E-state index contributed by atoms with van der Waals surface area (Å²) in [6.07, 6.45) is 6.46. The van der Waals surface area contributed by atoms with Gasteiger partial charge in [0.25, 0.3) is 0 Å². The molecule has 0 aliphatic heterocycles. The van der Waals surface area contributed by atoms with Crippen LogP contribution in [0.25, 0.3) is 11.1 Å². The predicted molar refractivity (Wildman–Crippen MR) is 152 cm³/mol. The van der Waals surface area contributed by atoms with Gasteiger partial charge in [0.05, 0.1) is 0 Å². The maximum atomic E-state index is 2.65. The molecule has 2 aromatic carbocycles. The molecule has 1 saturated carbocycles. The van der Waals surface area contributed by atoms with Crippen LogP contribution in [0, 0.1) is 22.7 Å². The Morgan fingerprint density at radius 2 is 1.16 bits per heavy atom. The summed E-state index contributed by atoms with van der Waals surface area (Å²) in [5.41, 5.74) is 12.8. The number of hydrogen-bond donors (Lipinski definition) is 0. The van der Waals surface area contributed by atoms with Crippen LogP contribution in [0.15, 0.2) is 59.7 Å². The number of benzene rings is 2. The Balaban J connectivity index is 0.00000169. The predicted octanol–water partition coefficient (Wildman–Crippen LogP) is 3.97. The van der Waals surface area contributed by atoms with Crippen molar-refractivity contribution in [2.75, 3.05) is 0 Å². The fraction of sp³-hybridized carbons (Fsp3) is 0.543. The van der Waals surface area contributed by atoms with Crippen molar-refractivity contribution in [3.05, 3.63) is 82.0 Å². The Bertz CT molecular complexity index is 1200. The van der Waals surface area contributed by atoms with Gasteiger partial charge in [-0.15, -0.1) is 0 Å². The Morgan fingerprint density at radius 1 is 0.711 bits per heavy atom. The molecule has 0 saturated heterocycles. The molecule has 0 spiro atoms. The molecule has 0 amide bonds. The van der Waals surface area contributed by atoms with Crippen LogP contribution in [0.1, 0.15) is 111 Å². The zero-order valence-corrected chi connectivity index (χ0v) is 29.3. The second-order valence-corrected chi connectivity index (χ2v) is 15.1. The van der Waals surface area contributed by atoms with Crippen molar-refractivity contribution in [1.82, 2.24) is 0 Å². The van der Waals surface area contributed by atoms with Crippen LogP contribution in [0.2, 0.25) is 0 Å². The van der Waals surface area contributed by atoms with Gasteiger partial charge in [-0.25, -0.2) is 0 Å². The number of allylic oxidation sites excluding steroid dienone is 4. The van der Waals surface area contributed by atoms with E-state index in [0.717, 1.165) is 0 Å². The van der Waals surface area contributed by atoms with Gasteiger partial charge < -0.3 is 24.8 Å². The zero-order chi connectivity index (χ0) is 25.7. The smallest absolute Gasteiger partial charge is 1.00 e. The van der Waals surface area contributed by atoms with Crippen LogP contribution in [-0.4, -0.2) is 0 Å². The molecule has 0 N–H and O–H groups in total. The quantitative estimate of drug-likeness (QED) is 0.449. The van der Waals surface area contributed by atoms with Gasteiger partial charge in [-0.3, -0.25) is 0 Å². The SMILES string of the molecule is CC1CC(C)(C2c3cc(C(C)(C)C)ccc3-c3ccc(C(C)(C)C)cc32)C2C=C(C(C)(C)C)C=C12.[Cl-].[Cl-].[Zr+2]. The number of halogens is 2. The average molecular weight is 629 g/mol. The molecular weight excluding hydrogens is 583 g/mol. The van der Waals surface area contributed by atoms with Crippen molar-refractivity contribution in [2.24, 2.45) is 22.7 Å². The normalized spacial score (nSPS) is 24.3. The maximum absolute atomic E-state index is 2.65. The van der Waals surface area contributed by atoms with Crippen molar-refractivity contribution in [3.63, 3.8) is 0 Å². The molecule has 1 fully saturated rings. The maximum Gasteiger partial charge on any atom is 2.00 e. The van der Waals surface area contributed by atoms with Crippen LogP contribution in [0.4, 0.5) is 0 Å². The van der Waals surface area contributed by atoms with E-state index in [1.165, 1.54) is 34.2 Å². The van der Waals surface area contributed by atoms with Crippen LogP contribution in [0.5, 0.6) is 0 Å². The fourth-order valence-electron chi connectivity index (χ4n) is 7.19. The van der Waals surface area contributed by atoms with Crippen LogP contribution in [-0.2, 0) is 37.0 Å². The van der Waals surface area contributed by atoms with Gasteiger partial charge in [0.1, 0.15) is 0 Å². The van der Waals surface area contributed by atoms with E-state index < -0.39 is 0 Å².